The predicted octanol–water partition coefficient (Wildman–Crippen LogP) is 4.24. The zero-order valence-corrected chi connectivity index (χ0v) is 16.0. The first-order valence-electron chi connectivity index (χ1n) is 8.00. The van der Waals surface area contributed by atoms with Crippen molar-refractivity contribution < 1.29 is 23.5 Å². The van der Waals surface area contributed by atoms with E-state index in [1.165, 1.54) is 19.1 Å². The number of halogens is 2. The molecule has 2 aromatic carbocycles. The molecule has 0 saturated carbocycles. The number of nitrogens with one attached hydrogen (secondary N) is 1. The molecule has 1 unspecified atom stereocenters. The van der Waals surface area contributed by atoms with Crippen molar-refractivity contribution in [2.24, 2.45) is 0 Å². The lowest BCUT2D eigenvalue weighted by molar-refractivity contribution is -0.153. The van der Waals surface area contributed by atoms with Gasteiger partial charge in [0.05, 0.1) is 18.7 Å². The quantitative estimate of drug-likeness (QED) is 0.676. The molecule has 0 aromatic heterocycles. The molecule has 26 heavy (non-hydrogen) atoms. The number of aryl methyl sites for hydroxylation is 1. The van der Waals surface area contributed by atoms with Crippen LogP contribution in [-0.4, -0.2) is 24.6 Å². The number of carbonyl (C=O) groups is 2. The Balaban J connectivity index is 1.78. The van der Waals surface area contributed by atoms with Crippen LogP contribution in [-0.2, 0) is 14.3 Å². The number of carbonyl (C=O) groups excluding carboxylic acids is 2. The van der Waals surface area contributed by atoms with Crippen molar-refractivity contribution in [3.63, 3.8) is 0 Å². The van der Waals surface area contributed by atoms with Gasteiger partial charge in [-0.3, -0.25) is 9.59 Å². The van der Waals surface area contributed by atoms with Gasteiger partial charge in [-0.1, -0.05) is 34.1 Å². The molecule has 0 fully saturated rings. The number of benzene rings is 2. The van der Waals surface area contributed by atoms with E-state index in [0.29, 0.717) is 10.2 Å². The lowest BCUT2D eigenvalue weighted by Gasteiger charge is -2.14. The Labute approximate surface area is 159 Å². The Hall–Kier alpha value is -2.41. The zero-order chi connectivity index (χ0) is 19.1. The van der Waals surface area contributed by atoms with Gasteiger partial charge in [0, 0.05) is 4.47 Å². The van der Waals surface area contributed by atoms with E-state index in [1.807, 2.05) is 31.2 Å². The van der Waals surface area contributed by atoms with E-state index in [2.05, 4.69) is 21.2 Å². The Morgan fingerprint density at radius 2 is 1.96 bits per heavy atom. The maximum atomic E-state index is 13.7. The molecule has 0 aliphatic rings. The van der Waals surface area contributed by atoms with Gasteiger partial charge in [-0.05, 0) is 43.7 Å². The van der Waals surface area contributed by atoms with Crippen molar-refractivity contribution in [3.05, 3.63) is 58.3 Å². The summed E-state index contributed by atoms with van der Waals surface area (Å²) in [4.78, 5) is 23.9. The van der Waals surface area contributed by atoms with Crippen LogP contribution in [0.25, 0.3) is 0 Å². The molecule has 0 radical (unpaired) electrons. The second-order valence-electron chi connectivity index (χ2n) is 5.61. The fourth-order valence-electron chi connectivity index (χ4n) is 2.10. The largest absolute Gasteiger partial charge is 0.493 e. The van der Waals surface area contributed by atoms with E-state index >= 15 is 0 Å². The lowest BCUT2D eigenvalue weighted by atomic mass is 10.2. The van der Waals surface area contributed by atoms with Gasteiger partial charge < -0.3 is 14.8 Å². The van der Waals surface area contributed by atoms with E-state index in [0.717, 1.165) is 5.56 Å². The number of hydrogen-bond acceptors (Lipinski definition) is 4. The molecule has 1 N–H and O–H groups in total. The van der Waals surface area contributed by atoms with Gasteiger partial charge in [-0.15, -0.1) is 0 Å². The van der Waals surface area contributed by atoms with Crippen molar-refractivity contribution in [2.45, 2.75) is 26.4 Å². The molecule has 7 heteroatoms. The molecule has 0 spiro atoms. The van der Waals surface area contributed by atoms with Crippen molar-refractivity contribution in [1.82, 2.24) is 0 Å². The number of para-hydroxylation sites is 1. The van der Waals surface area contributed by atoms with E-state index in [1.54, 1.807) is 6.07 Å². The maximum Gasteiger partial charge on any atom is 0.310 e. The lowest BCUT2D eigenvalue weighted by Crippen LogP contribution is -2.30. The van der Waals surface area contributed by atoms with Crippen LogP contribution in [0.3, 0.4) is 0 Å². The molecule has 0 bridgehead atoms. The number of amides is 1. The average Bonchev–Trinajstić information content (AvgIpc) is 2.59. The molecule has 0 saturated heterocycles. The van der Waals surface area contributed by atoms with Gasteiger partial charge in [0.25, 0.3) is 5.91 Å². The normalized spacial score (nSPS) is 11.5. The molecular formula is C19H19BrFNO4. The van der Waals surface area contributed by atoms with Crippen LogP contribution < -0.4 is 10.1 Å². The number of esters is 1. The fraction of sp³-hybridized carbons (Fsp3) is 0.263. The Bertz CT molecular complexity index is 797. The summed E-state index contributed by atoms with van der Waals surface area (Å²) in [5.41, 5.74) is 0.981. The van der Waals surface area contributed by atoms with Crippen molar-refractivity contribution in [2.75, 3.05) is 11.9 Å². The summed E-state index contributed by atoms with van der Waals surface area (Å²) in [5, 5.41) is 2.39. The summed E-state index contributed by atoms with van der Waals surface area (Å²) in [6, 6.07) is 11.7. The van der Waals surface area contributed by atoms with Gasteiger partial charge in [-0.25, -0.2) is 4.39 Å². The maximum absolute atomic E-state index is 13.7. The van der Waals surface area contributed by atoms with E-state index in [-0.39, 0.29) is 18.7 Å². The summed E-state index contributed by atoms with van der Waals surface area (Å²) in [6.07, 6.45) is -1.05. The highest BCUT2D eigenvalue weighted by Crippen LogP contribution is 2.20. The van der Waals surface area contributed by atoms with Crippen LogP contribution in [0.4, 0.5) is 10.1 Å². The van der Waals surface area contributed by atoms with E-state index in [4.69, 9.17) is 9.47 Å². The minimum Gasteiger partial charge on any atom is -0.493 e. The number of anilines is 1. The summed E-state index contributed by atoms with van der Waals surface area (Å²) in [7, 11) is 0. The first kappa shape index (κ1) is 19.9. The number of hydrogen-bond donors (Lipinski definition) is 1. The molecule has 5 nitrogen and oxygen atoms in total. The zero-order valence-electron chi connectivity index (χ0n) is 14.4. The van der Waals surface area contributed by atoms with Gasteiger partial charge in [-0.2, -0.15) is 0 Å². The first-order valence-corrected chi connectivity index (χ1v) is 8.80. The minimum atomic E-state index is -1.05. The summed E-state index contributed by atoms with van der Waals surface area (Å²) >= 11 is 3.14. The molecule has 0 aliphatic carbocycles. The average molecular weight is 424 g/mol. The van der Waals surface area contributed by atoms with Crippen molar-refractivity contribution >= 4 is 33.5 Å². The van der Waals surface area contributed by atoms with Gasteiger partial charge in [0.15, 0.2) is 6.10 Å². The number of rotatable bonds is 7. The summed E-state index contributed by atoms with van der Waals surface area (Å²) in [6.45, 7) is 3.47. The van der Waals surface area contributed by atoms with E-state index < -0.39 is 23.8 Å². The second kappa shape index (κ2) is 9.33. The molecule has 138 valence electrons. The number of ether oxygens (including phenoxy) is 2. The highest BCUT2D eigenvalue weighted by molar-refractivity contribution is 9.10. The van der Waals surface area contributed by atoms with Gasteiger partial charge >= 0.3 is 5.97 Å². The first-order chi connectivity index (χ1) is 12.4. The van der Waals surface area contributed by atoms with Crippen molar-refractivity contribution in [1.29, 1.82) is 0 Å². The van der Waals surface area contributed by atoms with Crippen LogP contribution in [0.2, 0.25) is 0 Å². The van der Waals surface area contributed by atoms with Crippen LogP contribution in [0, 0.1) is 12.7 Å². The predicted molar refractivity (Wildman–Crippen MR) is 99.6 cm³/mol. The van der Waals surface area contributed by atoms with Crippen LogP contribution in [0.5, 0.6) is 5.75 Å². The second-order valence-corrected chi connectivity index (χ2v) is 6.53. The topological polar surface area (TPSA) is 64.6 Å². The van der Waals surface area contributed by atoms with Crippen molar-refractivity contribution in [3.8, 4) is 5.75 Å². The summed E-state index contributed by atoms with van der Waals surface area (Å²) < 4.78 is 24.9. The van der Waals surface area contributed by atoms with Crippen LogP contribution in [0.15, 0.2) is 46.9 Å². The Morgan fingerprint density at radius 3 is 2.65 bits per heavy atom. The molecule has 2 aromatic rings. The monoisotopic (exact) mass is 423 g/mol. The third-order valence-electron chi connectivity index (χ3n) is 3.52. The van der Waals surface area contributed by atoms with Gasteiger partial charge in [0.2, 0.25) is 0 Å². The third kappa shape index (κ3) is 5.84. The van der Waals surface area contributed by atoms with Crippen LogP contribution in [0.1, 0.15) is 18.9 Å². The molecule has 0 heterocycles. The minimum absolute atomic E-state index is 0.00139. The van der Waals surface area contributed by atoms with Gasteiger partial charge in [0.1, 0.15) is 11.6 Å². The molecular weight excluding hydrogens is 405 g/mol. The summed E-state index contributed by atoms with van der Waals surface area (Å²) in [5.74, 6) is -1.08. The Morgan fingerprint density at radius 1 is 1.23 bits per heavy atom. The van der Waals surface area contributed by atoms with Crippen LogP contribution >= 0.6 is 15.9 Å². The third-order valence-corrected chi connectivity index (χ3v) is 4.02. The van der Waals surface area contributed by atoms with E-state index in [9.17, 15) is 14.0 Å². The smallest absolute Gasteiger partial charge is 0.310 e. The highest BCUT2D eigenvalue weighted by atomic mass is 79.9. The molecule has 1 amide bonds. The Kier molecular flexibility index (Phi) is 7.15. The molecule has 2 rings (SSSR count). The molecule has 0 aliphatic heterocycles. The SMILES string of the molecule is Cc1ccccc1OCCC(=O)OC(C)C(=O)Nc1ccc(Br)cc1F. The highest BCUT2D eigenvalue weighted by Gasteiger charge is 2.19. The molecule has 1 atom stereocenters. The standard InChI is InChI=1S/C19H19BrFNO4/c1-12-5-3-4-6-17(12)25-10-9-18(23)26-13(2)19(24)22-16-8-7-14(20)11-15(16)21/h3-8,11,13H,9-10H2,1-2H3,(H,22,24). The fourth-order valence-corrected chi connectivity index (χ4v) is 2.43.